The van der Waals surface area contributed by atoms with Crippen molar-refractivity contribution < 1.29 is 23.1 Å². The number of aromatic carboxylic acids is 1. The second kappa shape index (κ2) is 6.23. The van der Waals surface area contributed by atoms with Crippen LogP contribution in [0.5, 0.6) is 5.75 Å². The third kappa shape index (κ3) is 4.70. The summed E-state index contributed by atoms with van der Waals surface area (Å²) in [6, 6.07) is 2.84. The quantitative estimate of drug-likeness (QED) is 0.822. The molecular weight excluding hydrogens is 294 g/mol. The molecule has 0 heterocycles. The van der Waals surface area contributed by atoms with Gasteiger partial charge in [-0.1, -0.05) is 11.6 Å². The molecule has 1 aromatic carbocycles. The summed E-state index contributed by atoms with van der Waals surface area (Å²) in [7, 11) is -1.94. The molecule has 0 aliphatic carbocycles. The second-order valence-electron chi connectivity index (χ2n) is 3.87. The highest BCUT2D eigenvalue weighted by molar-refractivity contribution is 7.88. The van der Waals surface area contributed by atoms with E-state index in [0.717, 1.165) is 6.26 Å². The summed E-state index contributed by atoms with van der Waals surface area (Å²) in [6.45, 7) is 0.134. The zero-order chi connectivity index (χ0) is 14.6. The zero-order valence-corrected chi connectivity index (χ0v) is 12.0. The zero-order valence-electron chi connectivity index (χ0n) is 10.4. The van der Waals surface area contributed by atoms with Crippen LogP contribution in [-0.4, -0.2) is 39.4 Å². The first-order valence-electron chi connectivity index (χ1n) is 5.29. The fourth-order valence-electron chi connectivity index (χ4n) is 1.61. The predicted octanol–water partition coefficient (Wildman–Crippen LogP) is 1.14. The summed E-state index contributed by atoms with van der Waals surface area (Å²) in [4.78, 5) is 11.1. The van der Waals surface area contributed by atoms with Crippen molar-refractivity contribution in [2.45, 2.75) is 6.42 Å². The molecule has 0 unspecified atom stereocenters. The van der Waals surface area contributed by atoms with E-state index in [1.54, 1.807) is 6.07 Å². The molecule has 106 valence electrons. The van der Waals surface area contributed by atoms with Crippen molar-refractivity contribution in [2.75, 3.05) is 19.9 Å². The Labute approximate surface area is 116 Å². The average Bonchev–Trinajstić information content (AvgIpc) is 2.26. The van der Waals surface area contributed by atoms with Gasteiger partial charge in [0.15, 0.2) is 0 Å². The van der Waals surface area contributed by atoms with Crippen LogP contribution >= 0.6 is 11.6 Å². The van der Waals surface area contributed by atoms with E-state index in [0.29, 0.717) is 5.56 Å². The number of sulfonamides is 1. The molecule has 0 aromatic heterocycles. The highest BCUT2D eigenvalue weighted by atomic mass is 35.5. The highest BCUT2D eigenvalue weighted by Gasteiger charge is 2.16. The van der Waals surface area contributed by atoms with Gasteiger partial charge in [0, 0.05) is 11.6 Å². The summed E-state index contributed by atoms with van der Waals surface area (Å²) in [5, 5.41) is 9.31. The van der Waals surface area contributed by atoms with Crippen LogP contribution in [0.4, 0.5) is 0 Å². The standard InChI is InChI=1S/C11H14ClNO5S/c1-18-10-7(3-4-13-19(2,16)17)5-8(12)6-9(10)11(14)15/h5-6,13H,3-4H2,1-2H3,(H,14,15). The average molecular weight is 308 g/mol. The summed E-state index contributed by atoms with van der Waals surface area (Å²) in [6.07, 6.45) is 1.32. The number of carboxylic acid groups (broad SMARTS) is 1. The molecule has 0 spiro atoms. The van der Waals surface area contributed by atoms with E-state index >= 15 is 0 Å². The molecular formula is C11H14ClNO5S. The molecule has 6 nitrogen and oxygen atoms in total. The second-order valence-corrected chi connectivity index (χ2v) is 6.14. The number of ether oxygens (including phenoxy) is 1. The van der Waals surface area contributed by atoms with Gasteiger partial charge in [-0.2, -0.15) is 0 Å². The molecule has 2 N–H and O–H groups in total. The Morgan fingerprint density at radius 2 is 2.11 bits per heavy atom. The molecule has 0 saturated carbocycles. The van der Waals surface area contributed by atoms with Crippen molar-refractivity contribution >= 4 is 27.6 Å². The van der Waals surface area contributed by atoms with Crippen molar-refractivity contribution in [2.24, 2.45) is 0 Å². The van der Waals surface area contributed by atoms with E-state index in [-0.39, 0.29) is 29.3 Å². The van der Waals surface area contributed by atoms with Crippen molar-refractivity contribution in [1.29, 1.82) is 0 Å². The maximum Gasteiger partial charge on any atom is 0.339 e. The monoisotopic (exact) mass is 307 g/mol. The summed E-state index contributed by atoms with van der Waals surface area (Å²) in [5.41, 5.74) is 0.480. The summed E-state index contributed by atoms with van der Waals surface area (Å²) >= 11 is 5.83. The molecule has 0 aliphatic rings. The van der Waals surface area contributed by atoms with Crippen LogP contribution in [0.15, 0.2) is 12.1 Å². The number of carbonyl (C=O) groups is 1. The summed E-state index contributed by atoms with van der Waals surface area (Å²) < 4.78 is 29.3. The molecule has 8 heteroatoms. The van der Waals surface area contributed by atoms with Crippen LogP contribution in [0.1, 0.15) is 15.9 Å². The van der Waals surface area contributed by atoms with Gasteiger partial charge in [0.2, 0.25) is 10.0 Å². The summed E-state index contributed by atoms with van der Waals surface area (Å²) in [5.74, 6) is -0.969. The van der Waals surface area contributed by atoms with Gasteiger partial charge in [-0.3, -0.25) is 0 Å². The predicted molar refractivity (Wildman–Crippen MR) is 71.5 cm³/mol. The first kappa shape index (κ1) is 15.7. The molecule has 0 amide bonds. The fraction of sp³-hybridized carbons (Fsp3) is 0.364. The van der Waals surface area contributed by atoms with E-state index in [1.165, 1.54) is 13.2 Å². The van der Waals surface area contributed by atoms with Crippen LogP contribution in [-0.2, 0) is 16.4 Å². The largest absolute Gasteiger partial charge is 0.496 e. The molecule has 0 saturated heterocycles. The Kier molecular flexibility index (Phi) is 5.16. The SMILES string of the molecule is COc1c(CCNS(C)(=O)=O)cc(Cl)cc1C(=O)O. The lowest BCUT2D eigenvalue weighted by molar-refractivity contribution is 0.0693. The van der Waals surface area contributed by atoms with Crippen LogP contribution < -0.4 is 9.46 Å². The van der Waals surface area contributed by atoms with Gasteiger partial charge in [0.25, 0.3) is 0 Å². The first-order valence-corrected chi connectivity index (χ1v) is 7.56. The van der Waals surface area contributed by atoms with Gasteiger partial charge in [-0.25, -0.2) is 17.9 Å². The number of hydrogen-bond donors (Lipinski definition) is 2. The number of benzene rings is 1. The van der Waals surface area contributed by atoms with Crippen molar-refractivity contribution in [1.82, 2.24) is 4.72 Å². The van der Waals surface area contributed by atoms with E-state index in [9.17, 15) is 13.2 Å². The number of carboxylic acids is 1. The minimum absolute atomic E-state index is 0.0515. The van der Waals surface area contributed by atoms with E-state index in [2.05, 4.69) is 4.72 Å². The Bertz CT molecular complexity index is 585. The maximum absolute atomic E-state index is 11.1. The lowest BCUT2D eigenvalue weighted by Gasteiger charge is -2.12. The van der Waals surface area contributed by atoms with Crippen LogP contribution in [0, 0.1) is 0 Å². The molecule has 1 rings (SSSR count). The number of halogens is 1. The Hall–Kier alpha value is -1.31. The Balaban J connectivity index is 3.02. The van der Waals surface area contributed by atoms with Gasteiger partial charge in [-0.05, 0) is 24.1 Å². The molecule has 0 fully saturated rings. The molecule has 1 aromatic rings. The lowest BCUT2D eigenvalue weighted by Crippen LogP contribution is -2.24. The van der Waals surface area contributed by atoms with E-state index < -0.39 is 16.0 Å². The topological polar surface area (TPSA) is 92.7 Å². The van der Waals surface area contributed by atoms with Crippen LogP contribution in [0.2, 0.25) is 5.02 Å². The molecule has 0 bridgehead atoms. The van der Waals surface area contributed by atoms with Crippen molar-refractivity contribution in [3.8, 4) is 5.75 Å². The smallest absolute Gasteiger partial charge is 0.339 e. The number of rotatable bonds is 6. The van der Waals surface area contributed by atoms with E-state index in [4.69, 9.17) is 21.4 Å². The lowest BCUT2D eigenvalue weighted by atomic mass is 10.1. The normalized spacial score (nSPS) is 11.3. The molecule has 0 atom stereocenters. The number of nitrogens with one attached hydrogen (secondary N) is 1. The third-order valence-electron chi connectivity index (χ3n) is 2.32. The molecule has 0 radical (unpaired) electrons. The minimum atomic E-state index is -3.29. The number of methoxy groups -OCH3 is 1. The van der Waals surface area contributed by atoms with Gasteiger partial charge >= 0.3 is 5.97 Å². The first-order chi connectivity index (χ1) is 8.74. The van der Waals surface area contributed by atoms with Crippen LogP contribution in [0.25, 0.3) is 0 Å². The van der Waals surface area contributed by atoms with Crippen molar-refractivity contribution in [3.05, 3.63) is 28.3 Å². The third-order valence-corrected chi connectivity index (χ3v) is 3.27. The van der Waals surface area contributed by atoms with Crippen molar-refractivity contribution in [3.63, 3.8) is 0 Å². The highest BCUT2D eigenvalue weighted by Crippen LogP contribution is 2.28. The Morgan fingerprint density at radius 1 is 1.47 bits per heavy atom. The van der Waals surface area contributed by atoms with Gasteiger partial charge < -0.3 is 9.84 Å². The van der Waals surface area contributed by atoms with Crippen LogP contribution in [0.3, 0.4) is 0 Å². The molecule has 19 heavy (non-hydrogen) atoms. The van der Waals surface area contributed by atoms with Gasteiger partial charge in [-0.15, -0.1) is 0 Å². The van der Waals surface area contributed by atoms with E-state index in [1.807, 2.05) is 0 Å². The maximum atomic E-state index is 11.1. The Morgan fingerprint density at radius 3 is 2.58 bits per heavy atom. The molecule has 0 aliphatic heterocycles. The van der Waals surface area contributed by atoms with Gasteiger partial charge in [0.05, 0.1) is 13.4 Å². The number of hydrogen-bond acceptors (Lipinski definition) is 4. The van der Waals surface area contributed by atoms with Gasteiger partial charge in [0.1, 0.15) is 11.3 Å². The fourth-order valence-corrected chi connectivity index (χ4v) is 2.32. The minimum Gasteiger partial charge on any atom is -0.496 e.